The van der Waals surface area contributed by atoms with Gasteiger partial charge < -0.3 is 0 Å². The van der Waals surface area contributed by atoms with Crippen molar-refractivity contribution in [1.82, 2.24) is 20.2 Å². The molecule has 4 heteroatoms. The smallest absolute Gasteiger partial charge is 0.151 e. The van der Waals surface area contributed by atoms with Gasteiger partial charge in [-0.2, -0.15) is 0 Å². The Kier molecular flexibility index (Phi) is 2.96. The van der Waals surface area contributed by atoms with Crippen molar-refractivity contribution >= 4 is 0 Å². The van der Waals surface area contributed by atoms with Crippen LogP contribution in [-0.4, -0.2) is 20.2 Å². The Bertz CT molecular complexity index is 270. The Morgan fingerprint density at radius 2 is 2.25 bits per heavy atom. The maximum atomic E-state index is 3.89. The summed E-state index contributed by atoms with van der Waals surface area (Å²) < 4.78 is 1.81. The summed E-state index contributed by atoms with van der Waals surface area (Å²) >= 11 is 0. The van der Waals surface area contributed by atoms with E-state index in [1.165, 1.54) is 5.57 Å². The molecule has 0 aliphatic heterocycles. The van der Waals surface area contributed by atoms with Crippen LogP contribution >= 0.6 is 0 Å². The first-order valence-electron chi connectivity index (χ1n) is 4.12. The highest BCUT2D eigenvalue weighted by atomic mass is 15.5. The van der Waals surface area contributed by atoms with Gasteiger partial charge in [-0.05, 0) is 24.3 Å². The fraction of sp³-hybridized carbons (Fsp3) is 0.625. The fourth-order valence-corrected chi connectivity index (χ4v) is 0.887. The molecule has 12 heavy (non-hydrogen) atoms. The minimum Gasteiger partial charge on any atom is -0.226 e. The zero-order chi connectivity index (χ0) is 8.97. The molecule has 0 bridgehead atoms. The molecule has 0 saturated heterocycles. The van der Waals surface area contributed by atoms with Gasteiger partial charge in [0.1, 0.15) is 0 Å². The van der Waals surface area contributed by atoms with E-state index in [1.54, 1.807) is 0 Å². The number of hydrogen-bond donors (Lipinski definition) is 0. The SMILES string of the molecule is CCc1nnnn1CC=C(C)C. The molecule has 0 spiro atoms. The Labute approximate surface area is 72.3 Å². The van der Waals surface area contributed by atoms with Crippen molar-refractivity contribution in [1.29, 1.82) is 0 Å². The molecule has 0 unspecified atom stereocenters. The Morgan fingerprint density at radius 3 is 2.83 bits per heavy atom. The normalized spacial score (nSPS) is 9.92. The molecule has 0 saturated carbocycles. The Morgan fingerprint density at radius 1 is 1.50 bits per heavy atom. The lowest BCUT2D eigenvalue weighted by molar-refractivity contribution is 0.631. The van der Waals surface area contributed by atoms with E-state index in [9.17, 15) is 0 Å². The van der Waals surface area contributed by atoms with Gasteiger partial charge in [0.05, 0.1) is 6.54 Å². The molecular formula is C8H14N4. The molecule has 1 aromatic rings. The summed E-state index contributed by atoms with van der Waals surface area (Å²) in [5, 5.41) is 11.4. The van der Waals surface area contributed by atoms with Gasteiger partial charge in [0.15, 0.2) is 5.82 Å². The standard InChI is InChI=1S/C8H14N4/c1-4-8-9-10-11-12(8)6-5-7(2)3/h5H,4,6H2,1-3H3. The maximum Gasteiger partial charge on any atom is 0.151 e. The maximum absolute atomic E-state index is 3.89. The molecule has 1 rings (SSSR count). The number of hydrogen-bond acceptors (Lipinski definition) is 3. The van der Waals surface area contributed by atoms with Crippen molar-refractivity contribution in [2.75, 3.05) is 0 Å². The van der Waals surface area contributed by atoms with Crippen LogP contribution in [-0.2, 0) is 13.0 Å². The minimum atomic E-state index is 0.776. The number of aryl methyl sites for hydroxylation is 1. The van der Waals surface area contributed by atoms with Gasteiger partial charge in [-0.15, -0.1) is 5.10 Å². The topological polar surface area (TPSA) is 43.6 Å². The van der Waals surface area contributed by atoms with Crippen LogP contribution in [0.25, 0.3) is 0 Å². The zero-order valence-electron chi connectivity index (χ0n) is 7.78. The van der Waals surface area contributed by atoms with Gasteiger partial charge in [-0.1, -0.05) is 18.6 Å². The Balaban J connectivity index is 2.68. The summed E-state index contributed by atoms with van der Waals surface area (Å²) in [4.78, 5) is 0. The van der Waals surface area contributed by atoms with Crippen LogP contribution in [0.2, 0.25) is 0 Å². The molecule has 0 aromatic carbocycles. The second-order valence-corrected chi connectivity index (χ2v) is 2.91. The summed E-state index contributed by atoms with van der Waals surface area (Å²) in [6.45, 7) is 6.95. The van der Waals surface area contributed by atoms with E-state index in [0.717, 1.165) is 18.8 Å². The quantitative estimate of drug-likeness (QED) is 0.634. The third kappa shape index (κ3) is 2.15. The third-order valence-corrected chi connectivity index (χ3v) is 1.59. The molecule has 1 aromatic heterocycles. The number of nitrogens with zero attached hydrogens (tertiary/aromatic N) is 4. The average molecular weight is 166 g/mol. The van der Waals surface area contributed by atoms with Gasteiger partial charge in [0.25, 0.3) is 0 Å². The summed E-state index contributed by atoms with van der Waals surface area (Å²) in [7, 11) is 0. The summed E-state index contributed by atoms with van der Waals surface area (Å²) in [6, 6.07) is 0. The van der Waals surface area contributed by atoms with Crippen molar-refractivity contribution < 1.29 is 0 Å². The van der Waals surface area contributed by atoms with Crippen LogP contribution in [0.15, 0.2) is 11.6 Å². The van der Waals surface area contributed by atoms with Gasteiger partial charge in [0, 0.05) is 6.42 Å². The van der Waals surface area contributed by atoms with Crippen LogP contribution < -0.4 is 0 Å². The molecule has 0 radical (unpaired) electrons. The first-order chi connectivity index (χ1) is 5.74. The van der Waals surface area contributed by atoms with Crippen LogP contribution in [0.3, 0.4) is 0 Å². The van der Waals surface area contributed by atoms with Crippen molar-refractivity contribution in [2.24, 2.45) is 0 Å². The van der Waals surface area contributed by atoms with E-state index >= 15 is 0 Å². The molecule has 0 aliphatic rings. The van der Waals surface area contributed by atoms with Crippen LogP contribution in [0, 0.1) is 0 Å². The predicted molar refractivity (Wildman–Crippen MR) is 46.6 cm³/mol. The third-order valence-electron chi connectivity index (χ3n) is 1.59. The monoisotopic (exact) mass is 166 g/mol. The summed E-state index contributed by atoms with van der Waals surface area (Å²) in [5.41, 5.74) is 1.28. The van der Waals surface area contributed by atoms with Crippen LogP contribution in [0.1, 0.15) is 26.6 Å². The lowest BCUT2D eigenvalue weighted by Gasteiger charge is -1.97. The molecule has 0 N–H and O–H groups in total. The number of allylic oxidation sites excluding steroid dienone is 2. The fourth-order valence-electron chi connectivity index (χ4n) is 0.887. The summed E-state index contributed by atoms with van der Waals surface area (Å²) in [5.74, 6) is 0.938. The van der Waals surface area contributed by atoms with Crippen LogP contribution in [0.4, 0.5) is 0 Å². The van der Waals surface area contributed by atoms with Gasteiger partial charge in [-0.3, -0.25) is 0 Å². The molecule has 0 amide bonds. The lowest BCUT2D eigenvalue weighted by Crippen LogP contribution is -2.03. The van der Waals surface area contributed by atoms with E-state index in [1.807, 2.05) is 11.6 Å². The molecule has 0 aliphatic carbocycles. The highest BCUT2D eigenvalue weighted by Gasteiger charge is 1.99. The molecule has 0 fully saturated rings. The number of rotatable bonds is 3. The predicted octanol–water partition coefficient (Wildman–Crippen LogP) is 1.20. The first-order valence-corrected chi connectivity index (χ1v) is 4.12. The summed E-state index contributed by atoms with van der Waals surface area (Å²) in [6.07, 6.45) is 2.99. The highest BCUT2D eigenvalue weighted by Crippen LogP contribution is 1.95. The molecule has 0 atom stereocenters. The van der Waals surface area contributed by atoms with Crippen molar-refractivity contribution in [2.45, 2.75) is 33.7 Å². The van der Waals surface area contributed by atoms with Crippen molar-refractivity contribution in [3.63, 3.8) is 0 Å². The van der Waals surface area contributed by atoms with E-state index in [2.05, 4.69) is 35.4 Å². The zero-order valence-corrected chi connectivity index (χ0v) is 7.78. The minimum absolute atomic E-state index is 0.776. The number of tetrazole rings is 1. The largest absolute Gasteiger partial charge is 0.226 e. The highest BCUT2D eigenvalue weighted by molar-refractivity contribution is 4.94. The second kappa shape index (κ2) is 3.99. The van der Waals surface area contributed by atoms with Crippen LogP contribution in [0.5, 0.6) is 0 Å². The molecule has 66 valence electrons. The van der Waals surface area contributed by atoms with Gasteiger partial charge in [-0.25, -0.2) is 4.68 Å². The first kappa shape index (κ1) is 8.90. The average Bonchev–Trinajstić information content (AvgIpc) is 2.47. The van der Waals surface area contributed by atoms with E-state index in [4.69, 9.17) is 0 Å². The molecule has 4 nitrogen and oxygen atoms in total. The lowest BCUT2D eigenvalue weighted by atomic mass is 10.3. The Hall–Kier alpha value is -1.19. The second-order valence-electron chi connectivity index (χ2n) is 2.91. The van der Waals surface area contributed by atoms with Crippen molar-refractivity contribution in [3.05, 3.63) is 17.5 Å². The molecule has 1 heterocycles. The van der Waals surface area contributed by atoms with E-state index in [-0.39, 0.29) is 0 Å². The number of aromatic nitrogens is 4. The van der Waals surface area contributed by atoms with Gasteiger partial charge >= 0.3 is 0 Å². The molecular weight excluding hydrogens is 152 g/mol. The van der Waals surface area contributed by atoms with E-state index < -0.39 is 0 Å². The van der Waals surface area contributed by atoms with Gasteiger partial charge in [0.2, 0.25) is 0 Å². The van der Waals surface area contributed by atoms with E-state index in [0.29, 0.717) is 0 Å². The van der Waals surface area contributed by atoms with Crippen molar-refractivity contribution in [3.8, 4) is 0 Å².